The van der Waals surface area contributed by atoms with Crippen molar-refractivity contribution in [3.05, 3.63) is 0 Å². The second-order valence-corrected chi connectivity index (χ2v) is 5.36. The van der Waals surface area contributed by atoms with Gasteiger partial charge in [-0.3, -0.25) is 29.5 Å². The lowest BCUT2D eigenvalue weighted by molar-refractivity contribution is -0.140. The number of carbonyl (C=O) groups excluding carboxylic acids is 3. The van der Waals surface area contributed by atoms with Crippen molar-refractivity contribution in [3.8, 4) is 0 Å². The second-order valence-electron chi connectivity index (χ2n) is 5.36. The molecular weight excluding hydrogens is 334 g/mol. The minimum absolute atomic E-state index is 0.0479. The van der Waals surface area contributed by atoms with Gasteiger partial charge in [-0.25, -0.2) is 0 Å². The molecule has 12 nitrogen and oxygen atoms in total. The average molecular weight is 357 g/mol. The van der Waals surface area contributed by atoms with E-state index >= 15 is 0 Å². The molecule has 0 aromatic carbocycles. The van der Waals surface area contributed by atoms with Crippen LogP contribution in [0.15, 0.2) is 4.99 Å². The number of carbonyl (C=O) groups is 4. The average Bonchev–Trinajstić information content (AvgIpc) is 2.54. The zero-order valence-corrected chi connectivity index (χ0v) is 13.6. The minimum Gasteiger partial charge on any atom is -0.481 e. The van der Waals surface area contributed by atoms with Crippen molar-refractivity contribution in [3.63, 3.8) is 0 Å². The molecule has 2 atom stereocenters. The molecule has 0 unspecified atom stereocenters. The van der Waals surface area contributed by atoms with E-state index in [0.717, 1.165) is 0 Å². The van der Waals surface area contributed by atoms with Gasteiger partial charge in [0.2, 0.25) is 17.7 Å². The van der Waals surface area contributed by atoms with E-state index in [1.807, 2.05) is 0 Å². The summed E-state index contributed by atoms with van der Waals surface area (Å²) in [6.45, 7) is -0.0964. The Bertz CT molecular complexity index is 547. The van der Waals surface area contributed by atoms with Gasteiger partial charge in [0.15, 0.2) is 5.96 Å². The van der Waals surface area contributed by atoms with Crippen LogP contribution in [-0.2, 0) is 19.2 Å². The fourth-order valence-corrected chi connectivity index (χ4v) is 2.13. The van der Waals surface area contributed by atoms with Crippen LogP contribution in [0.2, 0.25) is 0 Å². The van der Waals surface area contributed by atoms with Crippen LogP contribution in [0.3, 0.4) is 0 Å². The van der Waals surface area contributed by atoms with Gasteiger partial charge in [0, 0.05) is 6.54 Å². The maximum atomic E-state index is 12.1. The number of hydrogen-bond donors (Lipinski definition) is 7. The van der Waals surface area contributed by atoms with E-state index in [4.69, 9.17) is 16.6 Å². The first-order valence-corrected chi connectivity index (χ1v) is 7.65. The molecule has 0 aliphatic carbocycles. The molecule has 1 rings (SSSR count). The summed E-state index contributed by atoms with van der Waals surface area (Å²) in [6.07, 6.45) is 0.316. The number of aliphatic imine (C=N–C) groups is 1. The van der Waals surface area contributed by atoms with E-state index in [2.05, 4.69) is 26.3 Å². The zero-order chi connectivity index (χ0) is 18.8. The Kier molecular flexibility index (Phi) is 8.12. The standard InChI is InChI=1S/C13H23N7O5/c14-13(15)16-3-1-2-7-11(24)17-5-9(21)20-8(4-10(22)23)12(25)19-6-18-7/h7-8,18H,1-6H2,(H,17,24)(H,19,25)(H,20,21)(H,22,23)(H4,14,15,16)/t7-,8-/m0/s1. The number of nitrogens with two attached hydrogens (primary N) is 2. The van der Waals surface area contributed by atoms with E-state index < -0.39 is 42.2 Å². The summed E-state index contributed by atoms with van der Waals surface area (Å²) in [7, 11) is 0. The van der Waals surface area contributed by atoms with Gasteiger partial charge in [-0.05, 0) is 12.8 Å². The number of carboxylic acids is 1. The van der Waals surface area contributed by atoms with Gasteiger partial charge in [0.05, 0.1) is 25.7 Å². The molecule has 0 bridgehead atoms. The van der Waals surface area contributed by atoms with Crippen LogP contribution in [0.1, 0.15) is 19.3 Å². The summed E-state index contributed by atoms with van der Waals surface area (Å²) in [5, 5.41) is 18.8. The number of rotatable bonds is 6. The molecule has 0 aromatic heterocycles. The van der Waals surface area contributed by atoms with Gasteiger partial charge >= 0.3 is 5.97 Å². The first kappa shape index (κ1) is 20.2. The highest BCUT2D eigenvalue weighted by atomic mass is 16.4. The zero-order valence-electron chi connectivity index (χ0n) is 13.6. The van der Waals surface area contributed by atoms with Crippen LogP contribution < -0.4 is 32.7 Å². The Labute approximate surface area is 143 Å². The highest BCUT2D eigenvalue weighted by molar-refractivity contribution is 5.93. The smallest absolute Gasteiger partial charge is 0.305 e. The quantitative estimate of drug-likeness (QED) is 0.142. The lowest BCUT2D eigenvalue weighted by atomic mass is 10.1. The Balaban J connectivity index is 2.68. The monoisotopic (exact) mass is 357 g/mol. The minimum atomic E-state index is -1.23. The highest BCUT2D eigenvalue weighted by Crippen LogP contribution is 2.00. The summed E-state index contributed by atoms with van der Waals surface area (Å²) in [5.41, 5.74) is 10.4. The Morgan fingerprint density at radius 1 is 1.16 bits per heavy atom. The van der Waals surface area contributed by atoms with Crippen LogP contribution in [0.4, 0.5) is 0 Å². The molecule has 9 N–H and O–H groups in total. The summed E-state index contributed by atoms with van der Waals surface area (Å²) in [4.78, 5) is 50.5. The van der Waals surface area contributed by atoms with Crippen molar-refractivity contribution in [2.45, 2.75) is 31.3 Å². The molecule has 25 heavy (non-hydrogen) atoms. The van der Waals surface area contributed by atoms with Crippen molar-refractivity contribution in [1.82, 2.24) is 21.3 Å². The number of nitrogens with zero attached hydrogens (tertiary/aromatic N) is 1. The SMILES string of the molecule is NC(N)=NCCC[C@@H]1NCNC(=O)[C@H](CC(=O)O)NC(=O)CNC1=O. The van der Waals surface area contributed by atoms with Crippen LogP contribution in [0, 0.1) is 0 Å². The van der Waals surface area contributed by atoms with Crippen LogP contribution >= 0.6 is 0 Å². The Morgan fingerprint density at radius 3 is 2.48 bits per heavy atom. The molecule has 1 aliphatic rings. The summed E-state index contributed by atoms with van der Waals surface area (Å²) >= 11 is 0. The molecule has 1 fully saturated rings. The van der Waals surface area contributed by atoms with Crippen molar-refractivity contribution < 1.29 is 24.3 Å². The van der Waals surface area contributed by atoms with Gasteiger partial charge in [0.1, 0.15) is 6.04 Å². The molecule has 1 aliphatic heterocycles. The first-order chi connectivity index (χ1) is 11.8. The molecule has 0 spiro atoms. The molecule has 0 radical (unpaired) electrons. The lowest BCUT2D eigenvalue weighted by Crippen LogP contribution is -2.50. The van der Waals surface area contributed by atoms with Crippen molar-refractivity contribution in [2.24, 2.45) is 16.5 Å². The third-order valence-corrected chi connectivity index (χ3v) is 3.33. The fraction of sp³-hybridized carbons (Fsp3) is 0.615. The van der Waals surface area contributed by atoms with Gasteiger partial charge < -0.3 is 32.5 Å². The fourth-order valence-electron chi connectivity index (χ4n) is 2.13. The van der Waals surface area contributed by atoms with E-state index in [1.165, 1.54) is 0 Å². The first-order valence-electron chi connectivity index (χ1n) is 7.65. The summed E-state index contributed by atoms with van der Waals surface area (Å²) < 4.78 is 0. The predicted molar refractivity (Wildman–Crippen MR) is 87.0 cm³/mol. The van der Waals surface area contributed by atoms with Crippen molar-refractivity contribution >= 4 is 29.7 Å². The number of hydrogen-bond acceptors (Lipinski definition) is 6. The number of guanidine groups is 1. The Hall–Kier alpha value is -2.89. The maximum Gasteiger partial charge on any atom is 0.305 e. The molecule has 3 amide bonds. The molecule has 1 saturated heterocycles. The number of nitrogens with one attached hydrogen (secondary N) is 4. The highest BCUT2D eigenvalue weighted by Gasteiger charge is 2.26. The third kappa shape index (κ3) is 7.97. The maximum absolute atomic E-state index is 12.1. The van der Waals surface area contributed by atoms with E-state index in [-0.39, 0.29) is 19.2 Å². The van der Waals surface area contributed by atoms with E-state index in [1.54, 1.807) is 0 Å². The predicted octanol–water partition coefficient (Wildman–Crippen LogP) is -3.84. The number of aliphatic carboxylic acids is 1. The van der Waals surface area contributed by atoms with Crippen LogP contribution in [0.5, 0.6) is 0 Å². The van der Waals surface area contributed by atoms with Gasteiger partial charge in [-0.1, -0.05) is 0 Å². The molecular formula is C13H23N7O5. The van der Waals surface area contributed by atoms with Crippen molar-refractivity contribution in [2.75, 3.05) is 19.8 Å². The van der Waals surface area contributed by atoms with Gasteiger partial charge in [0.25, 0.3) is 0 Å². The second kappa shape index (κ2) is 10.1. The third-order valence-electron chi connectivity index (χ3n) is 3.33. The van der Waals surface area contributed by atoms with Gasteiger partial charge in [-0.2, -0.15) is 0 Å². The normalized spacial score (nSPS) is 22.0. The molecule has 12 heteroatoms. The topological polar surface area (TPSA) is 201 Å². The molecule has 0 saturated carbocycles. The molecule has 1 heterocycles. The van der Waals surface area contributed by atoms with Crippen LogP contribution in [0.25, 0.3) is 0 Å². The largest absolute Gasteiger partial charge is 0.481 e. The lowest BCUT2D eigenvalue weighted by Gasteiger charge is -2.18. The van der Waals surface area contributed by atoms with Crippen LogP contribution in [-0.4, -0.2) is 66.6 Å². The summed E-state index contributed by atoms with van der Waals surface area (Å²) in [5.74, 6) is -3.02. The number of amides is 3. The van der Waals surface area contributed by atoms with Crippen molar-refractivity contribution in [1.29, 1.82) is 0 Å². The molecule has 0 aromatic rings. The molecule has 140 valence electrons. The van der Waals surface area contributed by atoms with E-state index in [9.17, 15) is 19.2 Å². The van der Waals surface area contributed by atoms with Gasteiger partial charge in [-0.15, -0.1) is 0 Å². The number of carboxylic acid groups (broad SMARTS) is 1. The Morgan fingerprint density at radius 2 is 1.84 bits per heavy atom. The van der Waals surface area contributed by atoms with E-state index in [0.29, 0.717) is 19.4 Å². The summed E-state index contributed by atoms with van der Waals surface area (Å²) in [6, 6.07) is -1.89.